The van der Waals surface area contributed by atoms with Crippen LogP contribution in [0.5, 0.6) is 0 Å². The zero-order valence-corrected chi connectivity index (χ0v) is 11.0. The van der Waals surface area contributed by atoms with Gasteiger partial charge in [0.25, 0.3) is 5.91 Å². The average Bonchev–Trinajstić information content (AvgIpc) is 2.78. The average molecular weight is 256 g/mol. The van der Waals surface area contributed by atoms with Gasteiger partial charge in [0, 0.05) is 17.3 Å². The molecule has 0 spiro atoms. The van der Waals surface area contributed by atoms with Crippen LogP contribution in [-0.4, -0.2) is 29.5 Å². The number of hydrogen-bond acceptors (Lipinski definition) is 5. The highest BCUT2D eigenvalue weighted by molar-refractivity contribution is 7.07. The molecule has 6 heteroatoms. The van der Waals surface area contributed by atoms with E-state index in [0.29, 0.717) is 12.1 Å². The zero-order valence-electron chi connectivity index (χ0n) is 10.1. The number of nitrogens with zero attached hydrogens (tertiary/aromatic N) is 1. The summed E-state index contributed by atoms with van der Waals surface area (Å²) in [6.45, 7) is 3.72. The zero-order chi connectivity index (χ0) is 12.9. The maximum atomic E-state index is 11.8. The number of amides is 1. The monoisotopic (exact) mass is 256 g/mol. The summed E-state index contributed by atoms with van der Waals surface area (Å²) in [5, 5.41) is 4.52. The van der Waals surface area contributed by atoms with E-state index in [1.54, 1.807) is 10.9 Å². The Morgan fingerprint density at radius 3 is 2.76 bits per heavy atom. The third-order valence-corrected chi connectivity index (χ3v) is 2.89. The molecule has 0 atom stereocenters. The largest absolute Gasteiger partial charge is 0.469 e. The molecule has 0 aliphatic heterocycles. The Balaban J connectivity index is 2.48. The van der Waals surface area contributed by atoms with Crippen LogP contribution in [0.4, 0.5) is 0 Å². The van der Waals surface area contributed by atoms with E-state index < -0.39 is 5.54 Å². The molecule has 0 saturated carbocycles. The Hall–Kier alpha value is -1.43. The summed E-state index contributed by atoms with van der Waals surface area (Å²) in [5.74, 6) is -0.498. The van der Waals surface area contributed by atoms with Gasteiger partial charge in [-0.25, -0.2) is 4.98 Å². The molecule has 5 nitrogen and oxygen atoms in total. The topological polar surface area (TPSA) is 68.3 Å². The lowest BCUT2D eigenvalue weighted by atomic mass is 9.98. The van der Waals surface area contributed by atoms with E-state index in [2.05, 4.69) is 15.0 Å². The second kappa shape index (κ2) is 5.77. The second-order valence-corrected chi connectivity index (χ2v) is 5.01. The van der Waals surface area contributed by atoms with Crippen LogP contribution < -0.4 is 5.32 Å². The van der Waals surface area contributed by atoms with Crippen molar-refractivity contribution in [2.75, 3.05) is 7.11 Å². The molecule has 0 bridgehead atoms. The van der Waals surface area contributed by atoms with Crippen molar-refractivity contribution < 1.29 is 14.3 Å². The molecule has 1 heterocycles. The van der Waals surface area contributed by atoms with Crippen LogP contribution in [0.1, 0.15) is 37.2 Å². The third kappa shape index (κ3) is 4.52. The van der Waals surface area contributed by atoms with E-state index in [9.17, 15) is 9.59 Å². The fourth-order valence-electron chi connectivity index (χ4n) is 1.28. The number of rotatable bonds is 5. The SMILES string of the molecule is COC(=O)CCC(C)(C)NC(=O)c1cscn1. The lowest BCUT2D eigenvalue weighted by Gasteiger charge is -2.25. The lowest BCUT2D eigenvalue weighted by molar-refractivity contribution is -0.141. The van der Waals surface area contributed by atoms with Crippen LogP contribution in [0, 0.1) is 0 Å². The fraction of sp³-hybridized carbons (Fsp3) is 0.545. The summed E-state index contributed by atoms with van der Waals surface area (Å²) in [6.07, 6.45) is 0.802. The molecule has 0 fully saturated rings. The van der Waals surface area contributed by atoms with E-state index in [1.807, 2.05) is 13.8 Å². The van der Waals surface area contributed by atoms with Crippen molar-refractivity contribution in [1.29, 1.82) is 0 Å². The van der Waals surface area contributed by atoms with E-state index >= 15 is 0 Å². The number of carbonyl (C=O) groups is 2. The summed E-state index contributed by atoms with van der Waals surface area (Å²) in [6, 6.07) is 0. The van der Waals surface area contributed by atoms with Gasteiger partial charge in [0.15, 0.2) is 0 Å². The van der Waals surface area contributed by atoms with Gasteiger partial charge in [0.1, 0.15) is 5.69 Å². The summed E-state index contributed by atoms with van der Waals surface area (Å²) < 4.78 is 4.56. The molecule has 0 aromatic carbocycles. The summed E-state index contributed by atoms with van der Waals surface area (Å²) >= 11 is 1.37. The summed E-state index contributed by atoms with van der Waals surface area (Å²) in [4.78, 5) is 26.7. The minimum atomic E-state index is -0.463. The molecule has 0 radical (unpaired) electrons. The van der Waals surface area contributed by atoms with Gasteiger partial charge in [0.05, 0.1) is 12.6 Å². The van der Waals surface area contributed by atoms with Gasteiger partial charge >= 0.3 is 5.97 Å². The van der Waals surface area contributed by atoms with Crippen LogP contribution in [0.3, 0.4) is 0 Å². The maximum absolute atomic E-state index is 11.8. The van der Waals surface area contributed by atoms with Crippen LogP contribution in [0.2, 0.25) is 0 Å². The Bertz CT molecular complexity index is 387. The van der Waals surface area contributed by atoms with Crippen molar-refractivity contribution in [3.05, 3.63) is 16.6 Å². The van der Waals surface area contributed by atoms with E-state index in [4.69, 9.17) is 0 Å². The quantitative estimate of drug-likeness (QED) is 0.813. The number of methoxy groups -OCH3 is 1. The number of nitrogens with one attached hydrogen (secondary N) is 1. The Kier molecular flexibility index (Phi) is 4.62. The van der Waals surface area contributed by atoms with Gasteiger partial charge in [-0.05, 0) is 20.3 Å². The molecule has 0 saturated heterocycles. The molecule has 94 valence electrons. The minimum Gasteiger partial charge on any atom is -0.469 e. The molecule has 0 aliphatic carbocycles. The molecule has 0 aliphatic rings. The molecule has 0 unspecified atom stereocenters. The number of ether oxygens (including phenoxy) is 1. The van der Waals surface area contributed by atoms with Gasteiger partial charge in [-0.3, -0.25) is 9.59 Å². The molecule has 1 amide bonds. The molecule has 17 heavy (non-hydrogen) atoms. The van der Waals surface area contributed by atoms with E-state index in [0.717, 1.165) is 0 Å². The lowest BCUT2D eigenvalue weighted by Crippen LogP contribution is -2.43. The highest BCUT2D eigenvalue weighted by Gasteiger charge is 2.23. The van der Waals surface area contributed by atoms with Gasteiger partial charge < -0.3 is 10.1 Å². The fourth-order valence-corrected chi connectivity index (χ4v) is 1.81. The highest BCUT2D eigenvalue weighted by Crippen LogP contribution is 2.13. The van der Waals surface area contributed by atoms with Crippen LogP contribution in [0.25, 0.3) is 0 Å². The highest BCUT2D eigenvalue weighted by atomic mass is 32.1. The van der Waals surface area contributed by atoms with Crippen LogP contribution in [-0.2, 0) is 9.53 Å². The van der Waals surface area contributed by atoms with Gasteiger partial charge in [-0.15, -0.1) is 11.3 Å². The Labute approximate surface area is 104 Å². The molecular formula is C11H16N2O3S. The van der Waals surface area contributed by atoms with Crippen molar-refractivity contribution in [3.63, 3.8) is 0 Å². The number of esters is 1. The Morgan fingerprint density at radius 2 is 2.24 bits per heavy atom. The predicted octanol–water partition coefficient (Wildman–Crippen LogP) is 1.60. The third-order valence-electron chi connectivity index (χ3n) is 2.30. The van der Waals surface area contributed by atoms with Crippen molar-refractivity contribution in [2.45, 2.75) is 32.2 Å². The summed E-state index contributed by atoms with van der Waals surface area (Å²) in [5.41, 5.74) is 1.55. The molecular weight excluding hydrogens is 240 g/mol. The van der Waals surface area contributed by atoms with Crippen LogP contribution in [0.15, 0.2) is 10.9 Å². The summed E-state index contributed by atoms with van der Waals surface area (Å²) in [7, 11) is 1.35. The van der Waals surface area contributed by atoms with E-state index in [-0.39, 0.29) is 18.3 Å². The first-order chi connectivity index (χ1) is 7.94. The Morgan fingerprint density at radius 1 is 1.53 bits per heavy atom. The van der Waals surface area contributed by atoms with Crippen molar-refractivity contribution in [1.82, 2.24) is 10.3 Å². The number of hydrogen-bond donors (Lipinski definition) is 1. The first-order valence-electron chi connectivity index (χ1n) is 5.22. The van der Waals surface area contributed by atoms with Crippen molar-refractivity contribution in [3.8, 4) is 0 Å². The van der Waals surface area contributed by atoms with Crippen molar-refractivity contribution in [2.24, 2.45) is 0 Å². The minimum absolute atomic E-state index is 0.221. The molecule has 1 N–H and O–H groups in total. The van der Waals surface area contributed by atoms with Gasteiger partial charge in [-0.2, -0.15) is 0 Å². The molecule has 1 rings (SSSR count). The number of thiazole rings is 1. The number of carbonyl (C=O) groups excluding carboxylic acids is 2. The van der Waals surface area contributed by atoms with Crippen molar-refractivity contribution >= 4 is 23.2 Å². The number of aromatic nitrogens is 1. The molecule has 1 aromatic heterocycles. The van der Waals surface area contributed by atoms with E-state index in [1.165, 1.54) is 18.4 Å². The predicted molar refractivity (Wildman–Crippen MR) is 64.9 cm³/mol. The molecule has 1 aromatic rings. The maximum Gasteiger partial charge on any atom is 0.305 e. The standard InChI is InChI=1S/C11H16N2O3S/c1-11(2,5-4-9(14)16-3)13-10(15)8-6-17-7-12-8/h6-7H,4-5H2,1-3H3,(H,13,15). The van der Waals surface area contributed by atoms with Gasteiger partial charge in [0.2, 0.25) is 0 Å². The second-order valence-electron chi connectivity index (χ2n) is 4.29. The first kappa shape index (κ1) is 13.6. The van der Waals surface area contributed by atoms with Gasteiger partial charge in [-0.1, -0.05) is 0 Å². The van der Waals surface area contributed by atoms with Crippen LogP contribution >= 0.6 is 11.3 Å². The first-order valence-corrected chi connectivity index (χ1v) is 6.16. The normalized spacial score (nSPS) is 11.0. The smallest absolute Gasteiger partial charge is 0.305 e.